The Hall–Kier alpha value is -2.95. The third-order valence-corrected chi connectivity index (χ3v) is 6.84. The molecule has 2 aliphatic carbocycles. The van der Waals surface area contributed by atoms with Crippen LogP contribution in [0.2, 0.25) is 0 Å². The zero-order valence-electron chi connectivity index (χ0n) is 17.5. The van der Waals surface area contributed by atoms with Gasteiger partial charge in [0, 0.05) is 24.1 Å². The summed E-state index contributed by atoms with van der Waals surface area (Å²) in [4.78, 5) is 12.7. The van der Waals surface area contributed by atoms with Crippen molar-refractivity contribution >= 4 is 21.9 Å². The molecule has 31 heavy (non-hydrogen) atoms. The van der Waals surface area contributed by atoms with Crippen LogP contribution in [0.3, 0.4) is 0 Å². The number of benzene rings is 2. The van der Waals surface area contributed by atoms with Gasteiger partial charge >= 0.3 is 0 Å². The van der Waals surface area contributed by atoms with Crippen molar-refractivity contribution in [2.45, 2.75) is 57.0 Å². The highest BCUT2D eigenvalue weighted by Gasteiger charge is 2.25. The van der Waals surface area contributed by atoms with Crippen LogP contribution in [0, 0.1) is 11.7 Å². The summed E-state index contributed by atoms with van der Waals surface area (Å²) >= 11 is 0. The first-order valence-corrected chi connectivity index (χ1v) is 11.4. The van der Waals surface area contributed by atoms with Gasteiger partial charge in [0.2, 0.25) is 0 Å². The van der Waals surface area contributed by atoms with E-state index < -0.39 is 0 Å². The molecule has 2 heterocycles. The lowest BCUT2D eigenvalue weighted by Gasteiger charge is -2.29. The second kappa shape index (κ2) is 7.63. The summed E-state index contributed by atoms with van der Waals surface area (Å²) < 4.78 is 19.7. The Morgan fingerprint density at radius 3 is 2.65 bits per heavy atom. The minimum atomic E-state index is -0.189. The van der Waals surface area contributed by atoms with Gasteiger partial charge in [-0.15, -0.1) is 0 Å². The van der Waals surface area contributed by atoms with E-state index in [1.807, 2.05) is 12.3 Å². The molecule has 2 saturated carbocycles. The van der Waals surface area contributed by atoms with Gasteiger partial charge in [-0.1, -0.05) is 0 Å². The molecular weight excluding hydrogens is 389 g/mol. The Morgan fingerprint density at radius 2 is 1.81 bits per heavy atom. The maximum Gasteiger partial charge on any atom is 0.123 e. The molecular formula is C26H26FN3O. The standard InChI is InChI=1S/C26H26FN3O/c27-18-5-9-23-22(14-18)21(11-12-28-23)17-3-1-16(2-4-17)13-26-29-24-10-8-20(15-25(24)30-26)31-19-6-7-19/h5,8-12,14-17,19H,1-4,6-7,13H2,(H,29,30). The number of nitrogens with zero attached hydrogens (tertiary/aromatic N) is 2. The van der Waals surface area contributed by atoms with Gasteiger partial charge in [0.25, 0.3) is 0 Å². The number of rotatable bonds is 5. The van der Waals surface area contributed by atoms with Gasteiger partial charge in [-0.3, -0.25) is 4.98 Å². The van der Waals surface area contributed by atoms with Gasteiger partial charge in [-0.2, -0.15) is 0 Å². The van der Waals surface area contributed by atoms with E-state index in [1.165, 1.54) is 11.6 Å². The quantitative estimate of drug-likeness (QED) is 0.416. The molecule has 0 aliphatic heterocycles. The van der Waals surface area contributed by atoms with Gasteiger partial charge in [0.15, 0.2) is 0 Å². The molecule has 1 N–H and O–H groups in total. The first-order valence-electron chi connectivity index (χ1n) is 11.4. The number of aromatic amines is 1. The van der Waals surface area contributed by atoms with Crippen molar-refractivity contribution in [3.8, 4) is 5.75 Å². The largest absolute Gasteiger partial charge is 0.490 e. The average molecular weight is 416 g/mol. The second-order valence-corrected chi connectivity index (χ2v) is 9.16. The molecule has 5 heteroatoms. The summed E-state index contributed by atoms with van der Waals surface area (Å²) in [5.74, 6) is 2.91. The topological polar surface area (TPSA) is 50.8 Å². The fourth-order valence-electron chi connectivity index (χ4n) is 5.03. The number of imidazole rings is 1. The molecule has 2 aliphatic rings. The third-order valence-electron chi connectivity index (χ3n) is 6.84. The maximum atomic E-state index is 13.8. The Kier molecular flexibility index (Phi) is 4.62. The lowest BCUT2D eigenvalue weighted by molar-refractivity contribution is 0.303. The monoisotopic (exact) mass is 415 g/mol. The van der Waals surface area contributed by atoms with Crippen LogP contribution in [-0.4, -0.2) is 21.1 Å². The number of H-pyrrole nitrogens is 1. The Labute approximate surface area is 180 Å². The molecule has 4 aromatic rings. The molecule has 0 saturated heterocycles. The predicted molar refractivity (Wildman–Crippen MR) is 120 cm³/mol. The molecule has 4 nitrogen and oxygen atoms in total. The fraction of sp³-hybridized carbons (Fsp3) is 0.385. The normalized spacial score (nSPS) is 21.6. The van der Waals surface area contributed by atoms with Crippen molar-refractivity contribution in [3.05, 3.63) is 65.9 Å². The van der Waals surface area contributed by atoms with Gasteiger partial charge < -0.3 is 9.72 Å². The highest BCUT2D eigenvalue weighted by Crippen LogP contribution is 2.39. The Morgan fingerprint density at radius 1 is 0.935 bits per heavy atom. The lowest BCUT2D eigenvalue weighted by Crippen LogP contribution is -2.16. The van der Waals surface area contributed by atoms with Crippen molar-refractivity contribution in [1.82, 2.24) is 15.0 Å². The molecule has 0 spiro atoms. The number of ether oxygens (including phenoxy) is 1. The first kappa shape index (κ1) is 18.8. The van der Waals surface area contributed by atoms with Crippen molar-refractivity contribution in [3.63, 3.8) is 0 Å². The van der Waals surface area contributed by atoms with E-state index in [0.29, 0.717) is 17.9 Å². The third kappa shape index (κ3) is 3.89. The van der Waals surface area contributed by atoms with Gasteiger partial charge in [0.1, 0.15) is 17.4 Å². The van der Waals surface area contributed by atoms with Crippen LogP contribution in [-0.2, 0) is 6.42 Å². The molecule has 0 atom stereocenters. The van der Waals surface area contributed by atoms with E-state index in [-0.39, 0.29) is 5.82 Å². The van der Waals surface area contributed by atoms with Crippen LogP contribution in [0.25, 0.3) is 21.9 Å². The fourth-order valence-corrected chi connectivity index (χ4v) is 5.03. The van der Waals surface area contributed by atoms with Crippen LogP contribution < -0.4 is 4.74 Å². The van der Waals surface area contributed by atoms with Crippen LogP contribution in [0.5, 0.6) is 5.75 Å². The smallest absolute Gasteiger partial charge is 0.123 e. The molecule has 158 valence electrons. The number of pyridine rings is 1. The van der Waals surface area contributed by atoms with Crippen LogP contribution in [0.4, 0.5) is 4.39 Å². The molecule has 2 aromatic heterocycles. The van der Waals surface area contributed by atoms with Crippen molar-refractivity contribution in [2.24, 2.45) is 5.92 Å². The number of nitrogens with one attached hydrogen (secondary N) is 1. The summed E-state index contributed by atoms with van der Waals surface area (Å²) in [6, 6.07) is 13.2. The SMILES string of the molecule is Fc1ccc2nccc(C3CCC(Cc4nc5cc(OC6CC6)ccc5[nH]4)CC3)c2c1. The van der Waals surface area contributed by atoms with Gasteiger partial charge in [-0.05, 0) is 92.3 Å². The van der Waals surface area contributed by atoms with E-state index in [1.54, 1.807) is 12.1 Å². The van der Waals surface area contributed by atoms with Crippen LogP contribution in [0.15, 0.2) is 48.7 Å². The second-order valence-electron chi connectivity index (χ2n) is 9.16. The van der Waals surface area contributed by atoms with E-state index in [4.69, 9.17) is 9.72 Å². The van der Waals surface area contributed by atoms with E-state index in [2.05, 4.69) is 28.2 Å². The molecule has 0 amide bonds. The Bertz CT molecular complexity index is 1240. The van der Waals surface area contributed by atoms with E-state index >= 15 is 0 Å². The van der Waals surface area contributed by atoms with Crippen LogP contribution in [0.1, 0.15) is 55.8 Å². The molecule has 0 radical (unpaired) electrons. The van der Waals surface area contributed by atoms with E-state index in [0.717, 1.165) is 78.5 Å². The zero-order valence-corrected chi connectivity index (χ0v) is 17.5. The van der Waals surface area contributed by atoms with Crippen molar-refractivity contribution in [2.75, 3.05) is 0 Å². The summed E-state index contributed by atoms with van der Waals surface area (Å²) in [5.41, 5.74) is 4.20. The number of fused-ring (bicyclic) bond motifs is 2. The molecule has 0 unspecified atom stereocenters. The zero-order chi connectivity index (χ0) is 20.8. The van der Waals surface area contributed by atoms with Gasteiger partial charge in [0.05, 0.1) is 22.7 Å². The highest BCUT2D eigenvalue weighted by molar-refractivity contribution is 5.82. The first-order chi connectivity index (χ1) is 15.2. The van der Waals surface area contributed by atoms with Gasteiger partial charge in [-0.25, -0.2) is 9.37 Å². The average Bonchev–Trinajstić information content (AvgIpc) is 3.51. The Balaban J connectivity index is 1.14. The number of hydrogen-bond acceptors (Lipinski definition) is 3. The summed E-state index contributed by atoms with van der Waals surface area (Å²) in [7, 11) is 0. The molecule has 6 rings (SSSR count). The van der Waals surface area contributed by atoms with E-state index in [9.17, 15) is 4.39 Å². The van der Waals surface area contributed by atoms with Crippen LogP contribution >= 0.6 is 0 Å². The molecule has 0 bridgehead atoms. The van der Waals surface area contributed by atoms with Crippen molar-refractivity contribution < 1.29 is 9.13 Å². The maximum absolute atomic E-state index is 13.8. The summed E-state index contributed by atoms with van der Waals surface area (Å²) in [6.07, 6.45) is 10.1. The molecule has 2 aromatic carbocycles. The predicted octanol–water partition coefficient (Wildman–Crippen LogP) is 6.31. The highest BCUT2D eigenvalue weighted by atomic mass is 19.1. The lowest BCUT2D eigenvalue weighted by atomic mass is 9.77. The minimum Gasteiger partial charge on any atom is -0.490 e. The summed E-state index contributed by atoms with van der Waals surface area (Å²) in [6.45, 7) is 0. The summed E-state index contributed by atoms with van der Waals surface area (Å²) in [5, 5.41) is 0.965. The minimum absolute atomic E-state index is 0.189. The number of halogens is 1. The number of aromatic nitrogens is 3. The van der Waals surface area contributed by atoms with Crippen molar-refractivity contribution in [1.29, 1.82) is 0 Å². The molecule has 2 fully saturated rings. The number of hydrogen-bond donors (Lipinski definition) is 1.